The molecule has 1 aliphatic carbocycles. The summed E-state index contributed by atoms with van der Waals surface area (Å²) in [6, 6.07) is 3.45. The van der Waals surface area contributed by atoms with E-state index in [2.05, 4.69) is 0 Å². The van der Waals surface area contributed by atoms with Gasteiger partial charge in [-0.3, -0.25) is 4.90 Å². The number of aliphatic carboxylic acids is 1. The van der Waals surface area contributed by atoms with E-state index in [1.54, 1.807) is 17.0 Å². The molecule has 3 rings (SSSR count). The molecule has 2 aliphatic rings. The molecule has 1 saturated heterocycles. The summed E-state index contributed by atoms with van der Waals surface area (Å²) in [7, 11) is 0. The van der Waals surface area contributed by atoms with Gasteiger partial charge in [-0.2, -0.15) is 0 Å². The SMILES string of the molecule is CC(C)(C)OC(=O)N1CCN([C@]2(C(=O)O)CCc3cc(Cl)c(Cl)cc32)CC1. The normalized spacial score (nSPS) is 23.2. The fraction of sp³-hybridized carbons (Fsp3) is 0.579. The lowest BCUT2D eigenvalue weighted by Crippen LogP contribution is -2.59. The topological polar surface area (TPSA) is 70.1 Å². The monoisotopic (exact) mass is 414 g/mol. The Morgan fingerprint density at radius 2 is 1.70 bits per heavy atom. The molecule has 1 atom stereocenters. The second-order valence-corrected chi connectivity index (χ2v) is 8.86. The van der Waals surface area contributed by atoms with Crippen LogP contribution in [0.2, 0.25) is 10.0 Å². The third kappa shape index (κ3) is 3.75. The van der Waals surface area contributed by atoms with Crippen molar-refractivity contribution in [2.75, 3.05) is 26.2 Å². The van der Waals surface area contributed by atoms with Gasteiger partial charge in [0.05, 0.1) is 10.0 Å². The number of hydrogen-bond acceptors (Lipinski definition) is 4. The zero-order valence-corrected chi connectivity index (χ0v) is 17.2. The Kier molecular flexibility index (Phi) is 5.36. The van der Waals surface area contributed by atoms with Crippen LogP contribution in [-0.2, 0) is 21.5 Å². The zero-order chi connectivity index (χ0) is 20.0. The highest BCUT2D eigenvalue weighted by Gasteiger charge is 2.51. The summed E-state index contributed by atoms with van der Waals surface area (Å²) in [5, 5.41) is 10.9. The molecule has 1 fully saturated rings. The van der Waals surface area contributed by atoms with E-state index in [1.807, 2.05) is 25.7 Å². The van der Waals surface area contributed by atoms with Crippen LogP contribution >= 0.6 is 23.2 Å². The van der Waals surface area contributed by atoms with E-state index in [0.717, 1.165) is 5.56 Å². The maximum atomic E-state index is 12.4. The number of fused-ring (bicyclic) bond motifs is 1. The Morgan fingerprint density at radius 3 is 2.26 bits per heavy atom. The van der Waals surface area contributed by atoms with Crippen molar-refractivity contribution in [2.24, 2.45) is 0 Å². The number of carbonyl (C=O) groups is 2. The molecule has 1 aromatic carbocycles. The molecule has 0 spiro atoms. The first-order valence-electron chi connectivity index (χ1n) is 8.99. The molecule has 0 radical (unpaired) electrons. The Balaban J connectivity index is 1.81. The van der Waals surface area contributed by atoms with E-state index < -0.39 is 17.1 Å². The molecule has 0 saturated carbocycles. The van der Waals surface area contributed by atoms with Crippen molar-refractivity contribution in [1.29, 1.82) is 0 Å². The lowest BCUT2D eigenvalue weighted by Gasteiger charge is -2.44. The van der Waals surface area contributed by atoms with Crippen molar-refractivity contribution in [1.82, 2.24) is 9.80 Å². The zero-order valence-electron chi connectivity index (χ0n) is 15.7. The van der Waals surface area contributed by atoms with Crippen LogP contribution in [0.4, 0.5) is 4.79 Å². The fourth-order valence-corrected chi connectivity index (χ4v) is 4.26. The van der Waals surface area contributed by atoms with Gasteiger partial charge in [-0.05, 0) is 56.9 Å². The minimum atomic E-state index is -1.14. The summed E-state index contributed by atoms with van der Waals surface area (Å²) < 4.78 is 5.42. The highest BCUT2D eigenvalue weighted by atomic mass is 35.5. The molecule has 8 heteroatoms. The van der Waals surface area contributed by atoms with Crippen LogP contribution in [0.25, 0.3) is 0 Å². The van der Waals surface area contributed by atoms with Crippen LogP contribution < -0.4 is 0 Å². The van der Waals surface area contributed by atoms with Gasteiger partial charge in [0.15, 0.2) is 0 Å². The van der Waals surface area contributed by atoms with Crippen LogP contribution in [0, 0.1) is 0 Å². The van der Waals surface area contributed by atoms with Crippen molar-refractivity contribution < 1.29 is 19.4 Å². The maximum Gasteiger partial charge on any atom is 0.410 e. The van der Waals surface area contributed by atoms with Crippen molar-refractivity contribution in [3.05, 3.63) is 33.3 Å². The Labute approximate surface area is 169 Å². The van der Waals surface area contributed by atoms with E-state index >= 15 is 0 Å². The van der Waals surface area contributed by atoms with Gasteiger partial charge < -0.3 is 14.7 Å². The van der Waals surface area contributed by atoms with Gasteiger partial charge in [-0.15, -0.1) is 0 Å². The van der Waals surface area contributed by atoms with Gasteiger partial charge in [-0.1, -0.05) is 23.2 Å². The summed E-state index contributed by atoms with van der Waals surface area (Å²) in [4.78, 5) is 28.2. The smallest absolute Gasteiger partial charge is 0.410 e. The third-order valence-corrected chi connectivity index (χ3v) is 5.89. The molecule has 0 aromatic heterocycles. The Hall–Kier alpha value is -1.50. The number of benzene rings is 1. The number of nitrogens with zero attached hydrogens (tertiary/aromatic N) is 2. The van der Waals surface area contributed by atoms with E-state index in [9.17, 15) is 14.7 Å². The van der Waals surface area contributed by atoms with Crippen LogP contribution in [0.1, 0.15) is 38.3 Å². The van der Waals surface area contributed by atoms with Gasteiger partial charge in [0.2, 0.25) is 0 Å². The number of piperazine rings is 1. The van der Waals surface area contributed by atoms with Crippen molar-refractivity contribution >= 4 is 35.3 Å². The number of carbonyl (C=O) groups excluding carboxylic acids is 1. The van der Waals surface area contributed by atoms with Crippen molar-refractivity contribution in [3.8, 4) is 0 Å². The number of carboxylic acid groups (broad SMARTS) is 1. The molecule has 27 heavy (non-hydrogen) atoms. The summed E-state index contributed by atoms with van der Waals surface area (Å²) in [5.41, 5.74) is -0.0722. The first-order valence-corrected chi connectivity index (χ1v) is 9.75. The van der Waals surface area contributed by atoms with Gasteiger partial charge in [0.1, 0.15) is 11.1 Å². The standard InChI is InChI=1S/C19H24Cl2N2O4/c1-18(2,3)27-17(26)22-6-8-23(9-7-22)19(16(24)25)5-4-12-10-14(20)15(21)11-13(12)19/h10-11H,4-9H2,1-3H3,(H,24,25)/t19-/m1/s1. The Bertz CT molecular complexity index is 770. The highest BCUT2D eigenvalue weighted by molar-refractivity contribution is 6.42. The maximum absolute atomic E-state index is 12.4. The Morgan fingerprint density at radius 1 is 1.11 bits per heavy atom. The molecule has 148 valence electrons. The summed E-state index contributed by atoms with van der Waals surface area (Å²) >= 11 is 12.3. The lowest BCUT2D eigenvalue weighted by atomic mass is 9.89. The average Bonchev–Trinajstić information content (AvgIpc) is 2.93. The van der Waals surface area contributed by atoms with E-state index in [-0.39, 0.29) is 6.09 Å². The molecule has 1 N–H and O–H groups in total. The lowest BCUT2D eigenvalue weighted by molar-refractivity contribution is -0.154. The molecule has 1 aromatic rings. The summed E-state index contributed by atoms with van der Waals surface area (Å²) in [6.45, 7) is 7.21. The fourth-order valence-electron chi connectivity index (χ4n) is 3.91. The molecular weight excluding hydrogens is 391 g/mol. The third-order valence-electron chi connectivity index (χ3n) is 5.17. The van der Waals surface area contributed by atoms with Crippen LogP contribution in [0.3, 0.4) is 0 Å². The van der Waals surface area contributed by atoms with Crippen LogP contribution in [0.15, 0.2) is 12.1 Å². The number of aryl methyl sites for hydroxylation is 1. The molecule has 1 amide bonds. The largest absolute Gasteiger partial charge is 0.480 e. The van der Waals surface area contributed by atoms with Gasteiger partial charge >= 0.3 is 12.1 Å². The van der Waals surface area contributed by atoms with Gasteiger partial charge in [-0.25, -0.2) is 9.59 Å². The molecule has 6 nitrogen and oxygen atoms in total. The minimum Gasteiger partial charge on any atom is -0.480 e. The number of amides is 1. The van der Waals surface area contributed by atoms with Crippen LogP contribution in [-0.4, -0.2) is 58.7 Å². The van der Waals surface area contributed by atoms with E-state index in [0.29, 0.717) is 54.6 Å². The first-order chi connectivity index (χ1) is 12.5. The van der Waals surface area contributed by atoms with E-state index in [4.69, 9.17) is 27.9 Å². The van der Waals surface area contributed by atoms with Crippen LogP contribution in [0.5, 0.6) is 0 Å². The quantitative estimate of drug-likeness (QED) is 0.797. The number of ether oxygens (including phenoxy) is 1. The molecule has 0 bridgehead atoms. The predicted octanol–water partition coefficient (Wildman–Crippen LogP) is 3.77. The molecular formula is C19H24Cl2N2O4. The molecule has 0 unspecified atom stereocenters. The highest BCUT2D eigenvalue weighted by Crippen LogP contribution is 2.45. The summed E-state index contributed by atoms with van der Waals surface area (Å²) in [5.74, 6) is -0.898. The minimum absolute atomic E-state index is 0.357. The predicted molar refractivity (Wildman–Crippen MR) is 103 cm³/mol. The van der Waals surface area contributed by atoms with Crippen molar-refractivity contribution in [3.63, 3.8) is 0 Å². The van der Waals surface area contributed by atoms with Gasteiger partial charge in [0.25, 0.3) is 0 Å². The number of rotatable bonds is 2. The van der Waals surface area contributed by atoms with Crippen molar-refractivity contribution in [2.45, 2.75) is 44.8 Å². The molecule has 1 heterocycles. The second-order valence-electron chi connectivity index (χ2n) is 8.04. The number of hydrogen-bond donors (Lipinski definition) is 1. The number of carboxylic acids is 1. The summed E-state index contributed by atoms with van der Waals surface area (Å²) in [6.07, 6.45) is 0.721. The second kappa shape index (κ2) is 7.15. The van der Waals surface area contributed by atoms with E-state index in [1.165, 1.54) is 0 Å². The van der Waals surface area contributed by atoms with Gasteiger partial charge in [0, 0.05) is 26.2 Å². The number of halogens is 2. The first kappa shape index (κ1) is 20.2. The molecule has 1 aliphatic heterocycles. The average molecular weight is 415 g/mol.